The fraction of sp³-hybridized carbons (Fsp3) is 0.533. The number of fused-ring (bicyclic) bond motifs is 1. The zero-order valence-corrected chi connectivity index (χ0v) is 11.9. The van der Waals surface area contributed by atoms with Crippen molar-refractivity contribution >= 4 is 24.0 Å². The first kappa shape index (κ1) is 14.4. The zero-order chi connectivity index (χ0) is 12.4. The van der Waals surface area contributed by atoms with Crippen molar-refractivity contribution in [2.45, 2.75) is 32.1 Å². The van der Waals surface area contributed by atoms with Crippen LogP contribution < -0.4 is 10.6 Å². The van der Waals surface area contributed by atoms with Crippen LogP contribution in [0.15, 0.2) is 18.2 Å². The fourth-order valence-electron chi connectivity index (χ4n) is 3.01. The third kappa shape index (κ3) is 3.48. The van der Waals surface area contributed by atoms with E-state index in [1.807, 2.05) is 6.07 Å². The first-order valence-corrected chi connectivity index (χ1v) is 6.93. The summed E-state index contributed by atoms with van der Waals surface area (Å²) in [5.41, 5.74) is 3.83. The highest BCUT2D eigenvalue weighted by atomic mass is 35.5. The molecule has 1 amide bonds. The molecule has 1 saturated heterocycles. The van der Waals surface area contributed by atoms with E-state index in [4.69, 9.17) is 0 Å². The molecule has 1 aromatic carbocycles. The second kappa shape index (κ2) is 6.40. The lowest BCUT2D eigenvalue weighted by atomic mass is 10.0. The van der Waals surface area contributed by atoms with Crippen molar-refractivity contribution in [3.05, 3.63) is 29.3 Å². The molecule has 1 fully saturated rings. The maximum atomic E-state index is 11.9. The molecule has 4 heteroatoms. The molecular formula is C15H21ClN2O. The number of benzene rings is 1. The standard InChI is InChI=1S/C15H20N2O.ClH/c18-15(8-11-6-7-16-10-11)17-14-5-4-12-2-1-3-13(12)9-14;/h4-5,9,11,16H,1-3,6-8,10H2,(H,17,18);1H. The smallest absolute Gasteiger partial charge is 0.224 e. The molecular weight excluding hydrogens is 260 g/mol. The normalized spacial score (nSPS) is 20.7. The van der Waals surface area contributed by atoms with Crippen molar-refractivity contribution in [1.29, 1.82) is 0 Å². The van der Waals surface area contributed by atoms with Gasteiger partial charge in [-0.25, -0.2) is 0 Å². The summed E-state index contributed by atoms with van der Waals surface area (Å²) in [7, 11) is 0. The van der Waals surface area contributed by atoms with Crippen LogP contribution in [0.5, 0.6) is 0 Å². The molecule has 1 aliphatic heterocycles. The monoisotopic (exact) mass is 280 g/mol. The number of carbonyl (C=O) groups excluding carboxylic acids is 1. The lowest BCUT2D eigenvalue weighted by molar-refractivity contribution is -0.116. The van der Waals surface area contributed by atoms with E-state index in [-0.39, 0.29) is 18.3 Å². The van der Waals surface area contributed by atoms with Gasteiger partial charge >= 0.3 is 0 Å². The van der Waals surface area contributed by atoms with Crippen LogP contribution in [0.4, 0.5) is 5.69 Å². The highest BCUT2D eigenvalue weighted by Gasteiger charge is 2.18. The predicted octanol–water partition coefficient (Wildman–Crippen LogP) is 2.54. The summed E-state index contributed by atoms with van der Waals surface area (Å²) < 4.78 is 0. The molecule has 1 atom stereocenters. The molecule has 0 bridgehead atoms. The molecule has 1 aromatic rings. The Labute approximate surface area is 120 Å². The van der Waals surface area contributed by atoms with E-state index in [1.165, 1.54) is 24.0 Å². The minimum absolute atomic E-state index is 0. The maximum Gasteiger partial charge on any atom is 0.224 e. The Hall–Kier alpha value is -1.06. The quantitative estimate of drug-likeness (QED) is 0.893. The van der Waals surface area contributed by atoms with E-state index in [1.54, 1.807) is 0 Å². The van der Waals surface area contributed by atoms with Crippen molar-refractivity contribution < 1.29 is 4.79 Å². The first-order chi connectivity index (χ1) is 8.81. The predicted molar refractivity (Wildman–Crippen MR) is 79.9 cm³/mol. The van der Waals surface area contributed by atoms with Crippen LogP contribution in [-0.4, -0.2) is 19.0 Å². The van der Waals surface area contributed by atoms with Crippen LogP contribution >= 0.6 is 12.4 Å². The van der Waals surface area contributed by atoms with Crippen LogP contribution in [-0.2, 0) is 17.6 Å². The van der Waals surface area contributed by atoms with Crippen LogP contribution in [0.2, 0.25) is 0 Å². The summed E-state index contributed by atoms with van der Waals surface area (Å²) in [6.45, 7) is 2.04. The molecule has 3 nitrogen and oxygen atoms in total. The molecule has 3 rings (SSSR count). The van der Waals surface area contributed by atoms with Gasteiger partial charge in [-0.05, 0) is 68.0 Å². The highest BCUT2D eigenvalue weighted by Crippen LogP contribution is 2.25. The van der Waals surface area contributed by atoms with Gasteiger partial charge in [-0.15, -0.1) is 12.4 Å². The van der Waals surface area contributed by atoms with E-state index in [0.717, 1.165) is 31.6 Å². The molecule has 0 saturated carbocycles. The minimum atomic E-state index is 0. The number of hydrogen-bond donors (Lipinski definition) is 2. The third-order valence-corrected chi connectivity index (χ3v) is 4.02. The molecule has 19 heavy (non-hydrogen) atoms. The molecule has 1 aliphatic carbocycles. The minimum Gasteiger partial charge on any atom is -0.326 e. The number of aryl methyl sites for hydroxylation is 2. The number of anilines is 1. The Bertz CT molecular complexity index is 455. The summed E-state index contributed by atoms with van der Waals surface area (Å²) in [6.07, 6.45) is 5.37. The van der Waals surface area contributed by atoms with Gasteiger partial charge in [0.05, 0.1) is 0 Å². The Morgan fingerprint density at radius 3 is 2.95 bits per heavy atom. The van der Waals surface area contributed by atoms with Gasteiger partial charge in [0.25, 0.3) is 0 Å². The van der Waals surface area contributed by atoms with Crippen molar-refractivity contribution in [1.82, 2.24) is 5.32 Å². The molecule has 0 spiro atoms. The van der Waals surface area contributed by atoms with E-state index in [0.29, 0.717) is 12.3 Å². The average molecular weight is 281 g/mol. The van der Waals surface area contributed by atoms with Gasteiger partial charge in [0, 0.05) is 12.1 Å². The third-order valence-electron chi connectivity index (χ3n) is 4.02. The number of carbonyl (C=O) groups is 1. The summed E-state index contributed by atoms with van der Waals surface area (Å²) in [5.74, 6) is 0.668. The van der Waals surface area contributed by atoms with Crippen LogP contribution in [0.25, 0.3) is 0 Å². The Morgan fingerprint density at radius 1 is 1.32 bits per heavy atom. The van der Waals surface area contributed by atoms with E-state index >= 15 is 0 Å². The van der Waals surface area contributed by atoms with Crippen LogP contribution in [0.3, 0.4) is 0 Å². The average Bonchev–Trinajstić information content (AvgIpc) is 2.98. The number of nitrogens with one attached hydrogen (secondary N) is 2. The van der Waals surface area contributed by atoms with Crippen LogP contribution in [0, 0.1) is 5.92 Å². The zero-order valence-electron chi connectivity index (χ0n) is 11.1. The van der Waals surface area contributed by atoms with E-state index < -0.39 is 0 Å². The fourth-order valence-corrected chi connectivity index (χ4v) is 3.01. The Morgan fingerprint density at radius 2 is 2.16 bits per heavy atom. The molecule has 2 N–H and O–H groups in total. The summed E-state index contributed by atoms with van der Waals surface area (Å²) in [6, 6.07) is 6.34. The number of amides is 1. The first-order valence-electron chi connectivity index (χ1n) is 6.93. The Balaban J connectivity index is 0.00000133. The van der Waals surface area contributed by atoms with Gasteiger partial charge in [0.2, 0.25) is 5.91 Å². The molecule has 1 unspecified atom stereocenters. The summed E-state index contributed by atoms with van der Waals surface area (Å²) in [4.78, 5) is 11.9. The van der Waals surface area contributed by atoms with Crippen molar-refractivity contribution in [3.8, 4) is 0 Å². The Kier molecular flexibility index (Phi) is 4.83. The van der Waals surface area contributed by atoms with E-state index in [9.17, 15) is 4.79 Å². The topological polar surface area (TPSA) is 41.1 Å². The van der Waals surface area contributed by atoms with E-state index in [2.05, 4.69) is 22.8 Å². The number of hydrogen-bond acceptors (Lipinski definition) is 2. The van der Waals surface area contributed by atoms with Crippen LogP contribution in [0.1, 0.15) is 30.4 Å². The second-order valence-corrected chi connectivity index (χ2v) is 5.45. The van der Waals surface area contributed by atoms with Gasteiger partial charge in [-0.1, -0.05) is 6.07 Å². The molecule has 0 aromatic heterocycles. The number of rotatable bonds is 3. The SMILES string of the molecule is Cl.O=C(CC1CCNC1)Nc1ccc2c(c1)CCC2. The largest absolute Gasteiger partial charge is 0.326 e. The highest BCUT2D eigenvalue weighted by molar-refractivity contribution is 5.91. The van der Waals surface area contributed by atoms with Crippen molar-refractivity contribution in [3.63, 3.8) is 0 Å². The van der Waals surface area contributed by atoms with Gasteiger partial charge in [0.15, 0.2) is 0 Å². The number of halogens is 1. The maximum absolute atomic E-state index is 11.9. The lowest BCUT2D eigenvalue weighted by Crippen LogP contribution is -2.18. The van der Waals surface area contributed by atoms with Gasteiger partial charge in [-0.3, -0.25) is 4.79 Å². The summed E-state index contributed by atoms with van der Waals surface area (Å²) >= 11 is 0. The summed E-state index contributed by atoms with van der Waals surface area (Å²) in [5, 5.41) is 6.33. The van der Waals surface area contributed by atoms with Crippen molar-refractivity contribution in [2.24, 2.45) is 5.92 Å². The van der Waals surface area contributed by atoms with Crippen molar-refractivity contribution in [2.75, 3.05) is 18.4 Å². The molecule has 2 aliphatic rings. The molecule has 104 valence electrons. The molecule has 0 radical (unpaired) electrons. The lowest BCUT2D eigenvalue weighted by Gasteiger charge is -2.10. The van der Waals surface area contributed by atoms with Gasteiger partial charge in [-0.2, -0.15) is 0 Å². The second-order valence-electron chi connectivity index (χ2n) is 5.45. The van der Waals surface area contributed by atoms with Gasteiger partial charge in [0.1, 0.15) is 0 Å². The molecule has 1 heterocycles. The van der Waals surface area contributed by atoms with Gasteiger partial charge < -0.3 is 10.6 Å².